The van der Waals surface area contributed by atoms with Gasteiger partial charge in [-0.1, -0.05) is 0 Å². The highest BCUT2D eigenvalue weighted by Crippen LogP contribution is 2.35. The zero-order valence-corrected chi connectivity index (χ0v) is 14.6. The third-order valence-electron chi connectivity index (χ3n) is 5.58. The normalized spacial score (nSPS) is 28.2. The largest absolute Gasteiger partial charge is 0.346 e. The van der Waals surface area contributed by atoms with Gasteiger partial charge < -0.3 is 15.5 Å². The van der Waals surface area contributed by atoms with Gasteiger partial charge in [0.15, 0.2) is 0 Å². The van der Waals surface area contributed by atoms with Crippen LogP contribution in [-0.2, 0) is 4.79 Å². The fourth-order valence-corrected chi connectivity index (χ4v) is 5.40. The lowest BCUT2D eigenvalue weighted by Crippen LogP contribution is -2.43. The second-order valence-electron chi connectivity index (χ2n) is 7.20. The van der Waals surface area contributed by atoms with Crippen LogP contribution in [-0.4, -0.2) is 41.5 Å². The minimum atomic E-state index is -0.103. The maximum atomic E-state index is 12.6. The highest BCUT2D eigenvalue weighted by molar-refractivity contribution is 7.23. The molecule has 0 aromatic carbocycles. The van der Waals surface area contributed by atoms with Crippen LogP contribution < -0.4 is 15.5 Å². The van der Waals surface area contributed by atoms with Crippen molar-refractivity contribution in [1.82, 2.24) is 15.6 Å². The van der Waals surface area contributed by atoms with Gasteiger partial charge in [0.25, 0.3) is 5.91 Å². The quantitative estimate of drug-likeness (QED) is 0.883. The number of fused-ring (bicyclic) bond motifs is 3. The molecule has 7 heteroatoms. The Morgan fingerprint density at radius 3 is 3.00 bits per heavy atom. The molecule has 0 unspecified atom stereocenters. The van der Waals surface area contributed by atoms with Crippen LogP contribution in [0.3, 0.4) is 0 Å². The molecule has 0 spiro atoms. The van der Waals surface area contributed by atoms with Gasteiger partial charge in [0.1, 0.15) is 5.69 Å². The van der Waals surface area contributed by atoms with E-state index in [0.717, 1.165) is 40.9 Å². The first-order valence-corrected chi connectivity index (χ1v) is 9.76. The van der Waals surface area contributed by atoms with Gasteiger partial charge in [-0.05, 0) is 37.8 Å². The van der Waals surface area contributed by atoms with Crippen molar-refractivity contribution in [3.63, 3.8) is 0 Å². The number of anilines is 1. The molecule has 0 aliphatic carbocycles. The maximum absolute atomic E-state index is 12.6. The Balaban J connectivity index is 1.36. The number of hydrogen-bond acceptors (Lipinski definition) is 5. The van der Waals surface area contributed by atoms with E-state index in [0.29, 0.717) is 24.2 Å². The predicted octanol–water partition coefficient (Wildman–Crippen LogP) is 2.05. The Labute approximate surface area is 149 Å². The Bertz CT molecular complexity index is 864. The van der Waals surface area contributed by atoms with Crippen LogP contribution in [0.5, 0.6) is 0 Å². The fourth-order valence-electron chi connectivity index (χ4n) is 4.28. The minimum Gasteiger partial charge on any atom is -0.346 e. The highest BCUT2D eigenvalue weighted by Gasteiger charge is 2.39. The standard InChI is InChI=1S/C18H20N4O2S/c23-16-2-1-5-22(16)17-6-10-9-19-14(8-15(10)25-17)18(24)21-13-7-11-3-4-12(13)20-11/h6,8-9,11-13,20H,1-5,7H2,(H,21,24)/t11-,12+,13-/m1/s1. The molecule has 2 N–H and O–H groups in total. The highest BCUT2D eigenvalue weighted by atomic mass is 32.1. The molecule has 2 aromatic rings. The van der Waals surface area contributed by atoms with E-state index in [1.807, 2.05) is 17.0 Å². The van der Waals surface area contributed by atoms with Gasteiger partial charge in [-0.15, -0.1) is 11.3 Å². The Kier molecular flexibility index (Phi) is 3.53. The zero-order valence-electron chi connectivity index (χ0n) is 13.8. The van der Waals surface area contributed by atoms with E-state index in [2.05, 4.69) is 15.6 Å². The van der Waals surface area contributed by atoms with Gasteiger partial charge >= 0.3 is 0 Å². The molecule has 3 fully saturated rings. The molecular formula is C18H20N4O2S. The number of carbonyl (C=O) groups is 2. The summed E-state index contributed by atoms with van der Waals surface area (Å²) in [6, 6.07) is 5.03. The summed E-state index contributed by atoms with van der Waals surface area (Å²) in [5, 5.41) is 8.61. The zero-order chi connectivity index (χ0) is 17.0. The number of carbonyl (C=O) groups excluding carboxylic acids is 2. The number of hydrogen-bond donors (Lipinski definition) is 2. The van der Waals surface area contributed by atoms with Gasteiger partial charge in [-0.2, -0.15) is 0 Å². The summed E-state index contributed by atoms with van der Waals surface area (Å²) in [4.78, 5) is 30.7. The summed E-state index contributed by atoms with van der Waals surface area (Å²) in [7, 11) is 0. The first-order chi connectivity index (χ1) is 12.2. The lowest BCUT2D eigenvalue weighted by Gasteiger charge is -2.21. The van der Waals surface area contributed by atoms with E-state index in [1.54, 1.807) is 17.5 Å². The van der Waals surface area contributed by atoms with Crippen molar-refractivity contribution in [3.8, 4) is 0 Å². The summed E-state index contributed by atoms with van der Waals surface area (Å²) >= 11 is 1.56. The van der Waals surface area contributed by atoms with Crippen molar-refractivity contribution in [2.45, 2.75) is 50.2 Å². The first-order valence-electron chi connectivity index (χ1n) is 8.94. The van der Waals surface area contributed by atoms with Gasteiger partial charge in [-0.25, -0.2) is 0 Å². The number of thiophene rings is 1. The molecule has 2 bridgehead atoms. The molecule has 5 rings (SSSR count). The van der Waals surface area contributed by atoms with Crippen LogP contribution in [0.25, 0.3) is 10.1 Å². The lowest BCUT2D eigenvalue weighted by atomic mass is 9.95. The van der Waals surface area contributed by atoms with Crippen molar-refractivity contribution in [3.05, 3.63) is 24.0 Å². The Morgan fingerprint density at radius 1 is 1.36 bits per heavy atom. The van der Waals surface area contributed by atoms with Crippen molar-refractivity contribution in [2.75, 3.05) is 11.4 Å². The molecule has 5 heterocycles. The summed E-state index contributed by atoms with van der Waals surface area (Å²) in [6.07, 6.45) is 6.64. The van der Waals surface area contributed by atoms with Crippen molar-refractivity contribution in [2.24, 2.45) is 0 Å². The van der Waals surface area contributed by atoms with E-state index in [-0.39, 0.29) is 17.9 Å². The van der Waals surface area contributed by atoms with Crippen LogP contribution in [0.2, 0.25) is 0 Å². The smallest absolute Gasteiger partial charge is 0.270 e. The lowest BCUT2D eigenvalue weighted by molar-refractivity contribution is -0.117. The Hall–Kier alpha value is -1.99. The van der Waals surface area contributed by atoms with Crippen LogP contribution in [0.15, 0.2) is 18.3 Å². The van der Waals surface area contributed by atoms with Gasteiger partial charge in [0.2, 0.25) is 5.91 Å². The number of nitrogens with one attached hydrogen (secondary N) is 2. The van der Waals surface area contributed by atoms with Crippen molar-refractivity contribution < 1.29 is 9.59 Å². The molecular weight excluding hydrogens is 336 g/mol. The van der Waals surface area contributed by atoms with Gasteiger partial charge in [0, 0.05) is 47.4 Å². The topological polar surface area (TPSA) is 74.3 Å². The molecule has 0 radical (unpaired) electrons. The number of rotatable bonds is 3. The molecule has 25 heavy (non-hydrogen) atoms. The van der Waals surface area contributed by atoms with E-state index in [1.165, 1.54) is 6.42 Å². The molecule has 3 aliphatic heterocycles. The molecule has 6 nitrogen and oxygen atoms in total. The van der Waals surface area contributed by atoms with E-state index in [4.69, 9.17) is 0 Å². The first kappa shape index (κ1) is 15.3. The number of pyridine rings is 1. The summed E-state index contributed by atoms with van der Waals surface area (Å²) in [5.41, 5.74) is 0.455. The third kappa shape index (κ3) is 2.62. The van der Waals surface area contributed by atoms with Crippen LogP contribution in [0, 0.1) is 0 Å². The average Bonchev–Trinajstić information content (AvgIpc) is 3.37. The van der Waals surface area contributed by atoms with Crippen molar-refractivity contribution in [1.29, 1.82) is 0 Å². The Morgan fingerprint density at radius 2 is 2.28 bits per heavy atom. The maximum Gasteiger partial charge on any atom is 0.270 e. The molecule has 2 aromatic heterocycles. The molecule has 3 aliphatic rings. The second-order valence-corrected chi connectivity index (χ2v) is 8.27. The number of amides is 2. The second kappa shape index (κ2) is 5.78. The third-order valence-corrected chi connectivity index (χ3v) is 6.70. The SMILES string of the molecule is O=C(N[C@@H]1C[C@H]2CC[C@@H]1N2)c1cc2sc(N3CCCC3=O)cc2cn1. The summed E-state index contributed by atoms with van der Waals surface area (Å²) in [5.74, 6) is 0.0784. The van der Waals surface area contributed by atoms with Crippen molar-refractivity contribution >= 4 is 38.2 Å². The van der Waals surface area contributed by atoms with Gasteiger partial charge in [0.05, 0.1) is 5.00 Å². The van der Waals surface area contributed by atoms with Crippen LogP contribution in [0.1, 0.15) is 42.6 Å². The number of aromatic nitrogens is 1. The minimum absolute atomic E-state index is 0.103. The molecule has 2 amide bonds. The van der Waals surface area contributed by atoms with E-state index < -0.39 is 0 Å². The molecule has 3 saturated heterocycles. The van der Waals surface area contributed by atoms with E-state index in [9.17, 15) is 9.59 Å². The average molecular weight is 356 g/mol. The van der Waals surface area contributed by atoms with Crippen LogP contribution >= 0.6 is 11.3 Å². The molecule has 0 saturated carbocycles. The van der Waals surface area contributed by atoms with Gasteiger partial charge in [-0.3, -0.25) is 14.6 Å². The monoisotopic (exact) mass is 356 g/mol. The predicted molar refractivity (Wildman–Crippen MR) is 97.0 cm³/mol. The number of nitrogens with zero attached hydrogens (tertiary/aromatic N) is 2. The molecule has 3 atom stereocenters. The van der Waals surface area contributed by atoms with Crippen LogP contribution in [0.4, 0.5) is 5.00 Å². The fraction of sp³-hybridized carbons (Fsp3) is 0.500. The summed E-state index contributed by atoms with van der Waals surface area (Å²) in [6.45, 7) is 0.781. The molecule has 130 valence electrons. The van der Waals surface area contributed by atoms with E-state index >= 15 is 0 Å². The summed E-state index contributed by atoms with van der Waals surface area (Å²) < 4.78 is 1.00.